The second-order valence-electron chi connectivity index (χ2n) is 8.52. The topological polar surface area (TPSA) is 79.8 Å². The lowest BCUT2D eigenvalue weighted by Gasteiger charge is -2.36. The average molecular weight is 448 g/mol. The molecule has 33 heavy (non-hydrogen) atoms. The molecule has 1 saturated heterocycles. The van der Waals surface area contributed by atoms with Gasteiger partial charge in [-0.25, -0.2) is 0 Å². The van der Waals surface area contributed by atoms with Crippen molar-refractivity contribution in [3.63, 3.8) is 0 Å². The Hall–Kier alpha value is -3.39. The third-order valence-corrected chi connectivity index (χ3v) is 6.12. The van der Waals surface area contributed by atoms with E-state index in [0.29, 0.717) is 24.1 Å². The number of fused-ring (bicyclic) bond motifs is 2. The number of carbonyl (C=O) groups excluding carboxylic acids is 1. The Morgan fingerprint density at radius 3 is 2.79 bits per heavy atom. The van der Waals surface area contributed by atoms with Crippen LogP contribution in [-0.2, 0) is 4.79 Å². The van der Waals surface area contributed by atoms with Gasteiger partial charge in [-0.15, -0.1) is 0 Å². The normalized spacial score (nSPS) is 16.3. The van der Waals surface area contributed by atoms with E-state index in [0.717, 1.165) is 56.8 Å². The van der Waals surface area contributed by atoms with E-state index in [1.807, 2.05) is 6.92 Å². The maximum Gasteiger partial charge on any atom is 0.263 e. The molecule has 2 aliphatic rings. The zero-order chi connectivity index (χ0) is 22.6. The van der Waals surface area contributed by atoms with E-state index in [-0.39, 0.29) is 12.5 Å². The maximum atomic E-state index is 11.4. The van der Waals surface area contributed by atoms with E-state index in [4.69, 9.17) is 14.5 Å². The Kier molecular flexibility index (Phi) is 6.26. The monoisotopic (exact) mass is 447 g/mol. The Morgan fingerprint density at radius 1 is 1.03 bits per heavy atom. The zero-order valence-electron chi connectivity index (χ0n) is 18.9. The number of pyridine rings is 2. The van der Waals surface area contributed by atoms with E-state index in [1.54, 1.807) is 12.1 Å². The molecule has 4 heterocycles. The van der Waals surface area contributed by atoms with E-state index >= 15 is 0 Å². The van der Waals surface area contributed by atoms with Crippen molar-refractivity contribution < 1.29 is 14.3 Å². The molecule has 0 saturated carbocycles. The molecule has 1 amide bonds. The summed E-state index contributed by atoms with van der Waals surface area (Å²) in [5, 5.41) is 3.90. The number of ether oxygens (including phenoxy) is 2. The quantitative estimate of drug-likeness (QED) is 0.557. The number of aryl methyl sites for hydroxylation is 1. The summed E-state index contributed by atoms with van der Waals surface area (Å²) in [6.45, 7) is 7.86. The number of nitrogens with one attached hydrogen (secondary N) is 1. The summed E-state index contributed by atoms with van der Waals surface area (Å²) in [5.74, 6) is 1.32. The third kappa shape index (κ3) is 5.01. The van der Waals surface area contributed by atoms with Crippen LogP contribution >= 0.6 is 0 Å². The number of hydrogen-bond acceptors (Lipinski definition) is 7. The lowest BCUT2D eigenvalue weighted by atomic mass is 10.1. The molecule has 3 aromatic rings. The number of carbonyl (C=O) groups is 1. The van der Waals surface area contributed by atoms with Crippen LogP contribution in [0.2, 0.25) is 0 Å². The average Bonchev–Trinajstić information content (AvgIpc) is 2.83. The lowest BCUT2D eigenvalue weighted by Crippen LogP contribution is -2.46. The van der Waals surface area contributed by atoms with Gasteiger partial charge in [-0.2, -0.15) is 4.98 Å². The van der Waals surface area contributed by atoms with Gasteiger partial charge < -0.3 is 19.7 Å². The van der Waals surface area contributed by atoms with Gasteiger partial charge in [-0.3, -0.25) is 14.7 Å². The number of anilines is 2. The molecule has 2 aliphatic heterocycles. The highest BCUT2D eigenvalue weighted by Gasteiger charge is 2.20. The smallest absolute Gasteiger partial charge is 0.263 e. The van der Waals surface area contributed by atoms with Crippen LogP contribution in [0.25, 0.3) is 10.9 Å². The van der Waals surface area contributed by atoms with Crippen molar-refractivity contribution in [1.82, 2.24) is 14.9 Å². The Bertz CT molecular complexity index is 1140. The first-order valence-corrected chi connectivity index (χ1v) is 11.6. The first kappa shape index (κ1) is 21.5. The van der Waals surface area contributed by atoms with Crippen molar-refractivity contribution in [2.75, 3.05) is 56.2 Å². The Labute approximate surface area is 193 Å². The number of amides is 1. The SMILES string of the molecule is Cc1ccc2cccc(N3CCN(CCCCOc4ccc5c(n4)NC(=O)CO5)CC3)c2n1. The van der Waals surface area contributed by atoms with E-state index in [9.17, 15) is 4.79 Å². The molecule has 172 valence electrons. The summed E-state index contributed by atoms with van der Waals surface area (Å²) >= 11 is 0. The van der Waals surface area contributed by atoms with E-state index < -0.39 is 0 Å². The van der Waals surface area contributed by atoms with Gasteiger partial charge in [0.2, 0.25) is 5.88 Å². The van der Waals surface area contributed by atoms with Gasteiger partial charge in [0.05, 0.1) is 17.8 Å². The van der Waals surface area contributed by atoms with Crippen LogP contribution in [0.5, 0.6) is 11.6 Å². The largest absolute Gasteiger partial charge is 0.480 e. The molecule has 2 aromatic heterocycles. The molecule has 0 radical (unpaired) electrons. The molecule has 0 spiro atoms. The van der Waals surface area contributed by atoms with E-state index in [1.165, 1.54) is 11.1 Å². The lowest BCUT2D eigenvalue weighted by molar-refractivity contribution is -0.118. The van der Waals surface area contributed by atoms with Crippen LogP contribution in [-0.4, -0.2) is 66.7 Å². The van der Waals surface area contributed by atoms with Crippen molar-refractivity contribution in [3.05, 3.63) is 48.2 Å². The highest BCUT2D eigenvalue weighted by Crippen LogP contribution is 2.28. The predicted molar refractivity (Wildman–Crippen MR) is 128 cm³/mol. The zero-order valence-corrected chi connectivity index (χ0v) is 18.9. The van der Waals surface area contributed by atoms with Crippen LogP contribution in [0.4, 0.5) is 11.5 Å². The van der Waals surface area contributed by atoms with Crippen LogP contribution in [0, 0.1) is 6.92 Å². The molecule has 0 atom stereocenters. The van der Waals surface area contributed by atoms with Crippen molar-refractivity contribution in [1.29, 1.82) is 0 Å². The molecule has 8 heteroatoms. The molecule has 1 fully saturated rings. The van der Waals surface area contributed by atoms with Gasteiger partial charge >= 0.3 is 0 Å². The summed E-state index contributed by atoms with van der Waals surface area (Å²) < 4.78 is 11.1. The molecular weight excluding hydrogens is 418 g/mol. The number of rotatable bonds is 7. The number of nitrogens with zero attached hydrogens (tertiary/aromatic N) is 4. The van der Waals surface area contributed by atoms with Crippen molar-refractivity contribution in [3.8, 4) is 11.6 Å². The fraction of sp³-hybridized carbons (Fsp3) is 0.400. The van der Waals surface area contributed by atoms with Crippen LogP contribution in [0.15, 0.2) is 42.5 Å². The summed E-state index contributed by atoms with van der Waals surface area (Å²) in [6, 6.07) is 14.2. The van der Waals surface area contributed by atoms with Gasteiger partial charge in [0.1, 0.15) is 0 Å². The summed E-state index contributed by atoms with van der Waals surface area (Å²) in [5.41, 5.74) is 3.40. The second kappa shape index (κ2) is 9.62. The highest BCUT2D eigenvalue weighted by atomic mass is 16.5. The highest BCUT2D eigenvalue weighted by molar-refractivity contribution is 5.94. The van der Waals surface area contributed by atoms with Crippen LogP contribution in [0.3, 0.4) is 0 Å². The minimum absolute atomic E-state index is 0.0294. The minimum atomic E-state index is -0.195. The molecule has 0 bridgehead atoms. The van der Waals surface area contributed by atoms with Gasteiger partial charge in [0.25, 0.3) is 5.91 Å². The van der Waals surface area contributed by atoms with Crippen molar-refractivity contribution in [2.24, 2.45) is 0 Å². The van der Waals surface area contributed by atoms with Gasteiger partial charge in [-0.05, 0) is 44.5 Å². The first-order chi connectivity index (χ1) is 16.2. The van der Waals surface area contributed by atoms with Crippen LogP contribution in [0.1, 0.15) is 18.5 Å². The van der Waals surface area contributed by atoms with Gasteiger partial charge in [0, 0.05) is 43.3 Å². The number of para-hydroxylation sites is 1. The Balaban J connectivity index is 1.06. The summed E-state index contributed by atoms with van der Waals surface area (Å²) in [4.78, 5) is 25.5. The number of piperazine rings is 1. The number of unbranched alkanes of at least 4 members (excludes halogenated alkanes) is 1. The van der Waals surface area contributed by atoms with Crippen molar-refractivity contribution >= 4 is 28.3 Å². The number of hydrogen-bond donors (Lipinski definition) is 1. The van der Waals surface area contributed by atoms with Gasteiger partial charge in [-0.1, -0.05) is 18.2 Å². The summed E-state index contributed by atoms with van der Waals surface area (Å²) in [7, 11) is 0. The van der Waals surface area contributed by atoms with Crippen molar-refractivity contribution in [2.45, 2.75) is 19.8 Å². The summed E-state index contributed by atoms with van der Waals surface area (Å²) in [6.07, 6.45) is 2.02. The number of benzene rings is 1. The molecule has 5 rings (SSSR count). The Morgan fingerprint density at radius 2 is 1.91 bits per heavy atom. The van der Waals surface area contributed by atoms with Gasteiger partial charge in [0.15, 0.2) is 18.2 Å². The third-order valence-electron chi connectivity index (χ3n) is 6.12. The molecule has 1 N–H and O–H groups in total. The molecule has 0 unspecified atom stereocenters. The molecule has 0 aliphatic carbocycles. The molecule has 8 nitrogen and oxygen atoms in total. The fourth-order valence-electron chi connectivity index (χ4n) is 4.34. The molecular formula is C25H29N5O3. The van der Waals surface area contributed by atoms with E-state index in [2.05, 4.69) is 50.4 Å². The first-order valence-electron chi connectivity index (χ1n) is 11.6. The number of aromatic nitrogens is 2. The predicted octanol–water partition coefficient (Wildman–Crippen LogP) is 3.25. The fourth-order valence-corrected chi connectivity index (χ4v) is 4.34. The maximum absolute atomic E-state index is 11.4. The minimum Gasteiger partial charge on any atom is -0.480 e. The second-order valence-corrected chi connectivity index (χ2v) is 8.52. The van der Waals surface area contributed by atoms with Crippen LogP contribution < -0.4 is 19.7 Å². The molecule has 1 aromatic carbocycles. The standard InChI is InChI=1S/C25H29N5O3/c1-18-7-8-19-5-4-6-20(24(19)26-18)30-14-12-29(13-15-30)11-2-3-16-32-23-10-9-21-25(28-23)27-22(31)17-33-21/h4-10H,2-3,11-17H2,1H3,(H,27,28,31).